The van der Waals surface area contributed by atoms with Gasteiger partial charge in [-0.2, -0.15) is 8.61 Å². The first-order valence-corrected chi connectivity index (χ1v) is 53.3. The lowest BCUT2D eigenvalue weighted by atomic mass is 9.85. The van der Waals surface area contributed by atoms with Crippen LogP contribution >= 0.6 is 45.9 Å². The van der Waals surface area contributed by atoms with Gasteiger partial charge in [0.2, 0.25) is 20.0 Å². The van der Waals surface area contributed by atoms with Gasteiger partial charge in [-0.1, -0.05) is 134 Å². The van der Waals surface area contributed by atoms with Crippen molar-refractivity contribution in [1.82, 2.24) is 29.9 Å². The molecular weight excluding hydrogens is 1940 g/mol. The third kappa shape index (κ3) is 25.2. The summed E-state index contributed by atoms with van der Waals surface area (Å²) in [7, 11) is -16.3. The Labute approximate surface area is 789 Å². The zero-order valence-electron chi connectivity index (χ0n) is 75.3. The van der Waals surface area contributed by atoms with E-state index in [4.69, 9.17) is 51.1 Å². The summed E-state index contributed by atoms with van der Waals surface area (Å²) >= 11 is 6.13. The minimum atomic E-state index is -4.30. The van der Waals surface area contributed by atoms with Crippen molar-refractivity contribution < 1.29 is 88.6 Å². The summed E-state index contributed by atoms with van der Waals surface area (Å²) in [6.45, 7) is 41.4. The first kappa shape index (κ1) is 105. The molecule has 16 N–H and O–H groups in total. The number of primary sulfonamides is 2. The topological polar surface area (TPSA) is 592 Å². The molecule has 0 radical (unpaired) electrons. The minimum absolute atomic E-state index is 0.0441. The first-order valence-electron chi connectivity index (χ1n) is 40.6. The Bertz CT molecular complexity index is 6430. The Balaban J connectivity index is 0.000000197. The maximum absolute atomic E-state index is 13.0. The minimum Gasteiger partial charge on any atom is -0.504 e. The lowest BCUT2D eigenvalue weighted by Crippen LogP contribution is -2.41. The third-order valence-corrected chi connectivity index (χ3v) is 33.0. The van der Waals surface area contributed by atoms with Gasteiger partial charge in [-0.15, -0.1) is 57.9 Å². The maximum Gasteiger partial charge on any atom is 0.269 e. The van der Waals surface area contributed by atoms with Gasteiger partial charge in [0.05, 0.1) is 69.5 Å². The Morgan fingerprint density at radius 3 is 1.15 bits per heavy atom. The molecule has 4 aliphatic heterocycles. The second-order valence-electron chi connectivity index (χ2n) is 32.1. The number of rotatable bonds is 27. The Kier molecular flexibility index (Phi) is 34.9. The van der Waals surface area contributed by atoms with Crippen molar-refractivity contribution in [3.05, 3.63) is 138 Å². The van der Waals surface area contributed by atoms with E-state index >= 15 is 0 Å². The number of furan rings is 4. The fourth-order valence-electron chi connectivity index (χ4n) is 13.0. The van der Waals surface area contributed by atoms with Crippen molar-refractivity contribution >= 4 is 200 Å². The molecule has 0 saturated heterocycles. The van der Waals surface area contributed by atoms with Crippen LogP contribution in [0.1, 0.15) is 214 Å². The van der Waals surface area contributed by atoms with Crippen molar-refractivity contribution in [3.8, 4) is 23.0 Å². The number of nitrogens with zero attached hydrogens (tertiary/aromatic N) is 10. The molecule has 6 aromatic heterocycles. The van der Waals surface area contributed by atoms with Crippen LogP contribution in [0, 0.1) is 51.9 Å². The molecule has 0 amide bonds. The molecule has 10 heterocycles. The summed E-state index contributed by atoms with van der Waals surface area (Å²) in [6, 6.07) is 13.6. The van der Waals surface area contributed by atoms with Crippen LogP contribution in [-0.4, -0.2) is 152 Å². The van der Waals surface area contributed by atoms with E-state index in [0.29, 0.717) is 45.1 Å². The smallest absolute Gasteiger partial charge is 0.269 e. The van der Waals surface area contributed by atoms with Gasteiger partial charge in [0.1, 0.15) is 44.4 Å². The van der Waals surface area contributed by atoms with Crippen molar-refractivity contribution in [2.45, 2.75) is 206 Å². The number of phenolic OH excluding ortho intramolecular Hbond substituents is 2. The molecule has 8 atom stereocenters. The molecule has 4 unspecified atom stereocenters. The van der Waals surface area contributed by atoms with E-state index in [-0.39, 0.29) is 161 Å². The molecule has 131 heavy (non-hydrogen) atoms. The Hall–Kier alpha value is -9.26. The predicted molar refractivity (Wildman–Crippen MR) is 517 cm³/mol. The van der Waals surface area contributed by atoms with Gasteiger partial charge in [-0.05, 0) is 141 Å². The number of anilines is 4. The summed E-state index contributed by atoms with van der Waals surface area (Å²) in [5.41, 5.74) is 3.08. The second kappa shape index (κ2) is 43.4. The summed E-state index contributed by atoms with van der Waals surface area (Å²) < 4.78 is 205. The number of sulfonamides is 4. The van der Waals surface area contributed by atoms with E-state index in [2.05, 4.69) is 105 Å². The number of nitrogens with two attached hydrogens (primary N) is 2. The molecule has 4 aliphatic rings. The maximum atomic E-state index is 13.0. The molecule has 0 aliphatic carbocycles. The molecule has 2 aromatic carbocycles. The quantitative estimate of drug-likeness (QED) is 0.0213. The average molecular weight is 2050 g/mol. The molecule has 0 fully saturated rings. The highest BCUT2D eigenvalue weighted by Gasteiger charge is 2.39. The van der Waals surface area contributed by atoms with Crippen LogP contribution in [0.25, 0.3) is 0 Å². The van der Waals surface area contributed by atoms with Crippen molar-refractivity contribution in [2.24, 2.45) is 62.7 Å². The molecule has 8 aromatic rings. The highest BCUT2D eigenvalue weighted by molar-refractivity contribution is 7.92. The monoisotopic (exact) mass is 2050 g/mol. The van der Waals surface area contributed by atoms with E-state index in [9.17, 15) is 70.9 Å². The van der Waals surface area contributed by atoms with Crippen molar-refractivity contribution in [1.29, 1.82) is 0 Å². The molecular formula is C79H108Cl2N20O20S10. The third-order valence-electron chi connectivity index (χ3n) is 20.2. The number of halogens is 2. The van der Waals surface area contributed by atoms with Crippen LogP contribution in [0.15, 0.2) is 138 Å². The van der Waals surface area contributed by atoms with Gasteiger partial charge in [-0.25, -0.2) is 60.8 Å². The standard InChI is InChI=1S/2C21H31N5O5S3.C19H24ClN5O5S2.C18H22ClN5O5S2/c1-8-26(9-2)34(29,30)20-16(27)15(13(4)32-20)22-18-19(25-33(28)24-18)23-17(21(5,6)7)14-11-10-12(3)31-14;1-8-26(9-2)34(29,30)21-18(27)17(14(7)32-21)23-20-19(24-33(28)25-20)22-16(11(3)4)15-10-12(5)13(6)31-15;1-9(2)11-7-14(30-8-11)15(10(3)4)23-19-18(24-31(27)25-19)22-13-6-5-12(20)17(16(13)26)32(21,28)29;1-4-12(14-7-10(8-29-14)9(2)3)21-17-18(24-30(26)23-17)22-13-6-5-11(19)16(15(13)25)31(20,27)28/h10-11,17,27H,8-9H2,1-7H3,(H,22,24)(H,23,25);10-11,16,27H,8-9H2,1-7H3,(H,22,24)(H,23,25);5-10,15,26H,1-4H3,(H,22,24)(H,23,25)(H2,21,28,29);5-9,12,25H,4H2,1-3H3,(H,21,23)(H,22,24)(H2,20,27,28)/t17-,33?;16-,33?;15-,31?;12-,30?/m0111/s1. The SMILES string of the molecule is CC(C)c1coc([C@H](NC2=NS(=O)N=C2Nc2ccc(Cl)c(S(N)(=O)=O)c2O)C(C)C)c1.CCN(CC)S(=O)(=O)c1sc(C)c(NC2=NS(=O)N=C2N[C@@H](c2cc(C)c(C)o2)C(C)C)c1O.CCN(CC)S(=O)(=O)c1sc(C)c(NC2=NS(=O)N=C2N[C@@H](c2ccc(C)o2)C(C)(C)C)c1O.CC[C@@H](NC1=NS(=O)N=C1Nc1ccc(Cl)c(S(N)(=O)=O)c1O)c1cc(C(C)C)co1. The molecule has 52 heteroatoms. The number of nitrogens with one attached hydrogen (secondary N) is 8. The zero-order chi connectivity index (χ0) is 97.5. The lowest BCUT2D eigenvalue weighted by molar-refractivity contribution is 0.261. The van der Waals surface area contributed by atoms with E-state index in [1.807, 2.05) is 106 Å². The summed E-state index contributed by atoms with van der Waals surface area (Å²) in [6.07, 6.45) is 4.01. The number of amidine groups is 8. The van der Waals surface area contributed by atoms with Gasteiger partial charge < -0.3 is 80.6 Å². The Morgan fingerprint density at radius 2 is 0.817 bits per heavy atom. The van der Waals surface area contributed by atoms with Crippen molar-refractivity contribution in [2.75, 3.05) is 47.4 Å². The number of aryl methyl sites for hydroxylation is 5. The largest absolute Gasteiger partial charge is 0.504 e. The van der Waals surface area contributed by atoms with Crippen molar-refractivity contribution in [3.63, 3.8) is 0 Å². The van der Waals surface area contributed by atoms with Gasteiger partial charge in [0.15, 0.2) is 78.1 Å². The lowest BCUT2D eigenvalue weighted by Gasteiger charge is -2.30. The van der Waals surface area contributed by atoms with E-state index < -0.39 is 118 Å². The number of benzene rings is 2. The van der Waals surface area contributed by atoms with Crippen LogP contribution in [0.4, 0.5) is 22.7 Å². The van der Waals surface area contributed by atoms with Crippen LogP contribution in [0.3, 0.4) is 0 Å². The number of aromatic hydroxyl groups is 4. The number of thiophene rings is 2. The van der Waals surface area contributed by atoms with Crippen LogP contribution in [-0.2, 0) is 84.8 Å². The summed E-state index contributed by atoms with van der Waals surface area (Å²) in [5, 5.41) is 76.4. The molecule has 0 spiro atoms. The zero-order valence-corrected chi connectivity index (χ0v) is 85.0. The predicted octanol–water partition coefficient (Wildman–Crippen LogP) is 13.8. The molecule has 40 nitrogen and oxygen atoms in total. The summed E-state index contributed by atoms with van der Waals surface area (Å²) in [5.74, 6) is 4.08. The highest BCUT2D eigenvalue weighted by Crippen LogP contribution is 2.47. The van der Waals surface area contributed by atoms with Crippen LogP contribution in [0.5, 0.6) is 23.0 Å². The average Bonchev–Trinajstić information content (AvgIpc) is 1.59. The number of phenols is 2. The molecule has 0 saturated carbocycles. The van der Waals surface area contributed by atoms with E-state index in [1.54, 1.807) is 54.1 Å². The first-order chi connectivity index (χ1) is 61.1. The van der Waals surface area contributed by atoms with Gasteiger partial charge >= 0.3 is 0 Å². The highest BCUT2D eigenvalue weighted by atomic mass is 35.5. The molecule has 0 bridgehead atoms. The van der Waals surface area contributed by atoms with Gasteiger partial charge in [0, 0.05) is 35.9 Å². The fraction of sp³-hybridized carbons (Fsp3) is 0.443. The fourth-order valence-corrected chi connectivity index (χ4v) is 24.1. The number of hydrogen-bond donors (Lipinski definition) is 14. The van der Waals surface area contributed by atoms with Crippen LogP contribution < -0.4 is 52.8 Å². The summed E-state index contributed by atoms with van der Waals surface area (Å²) in [4.78, 5) is -0.182. The molecule has 12 rings (SSSR count). The van der Waals surface area contributed by atoms with Crippen LogP contribution in [0.2, 0.25) is 10.0 Å². The normalized spacial score (nSPS) is 17.4. The van der Waals surface area contributed by atoms with Gasteiger partial charge in [0.25, 0.3) is 64.7 Å². The van der Waals surface area contributed by atoms with E-state index in [0.717, 1.165) is 50.9 Å². The Morgan fingerprint density at radius 1 is 0.458 bits per heavy atom. The van der Waals surface area contributed by atoms with E-state index in [1.165, 1.54) is 32.9 Å². The second-order valence-corrected chi connectivity index (χ2v) is 45.9. The number of hydrogen-bond acceptors (Lipinski definition) is 30. The molecule has 718 valence electrons. The van der Waals surface area contributed by atoms with Gasteiger partial charge in [-0.3, -0.25) is 0 Å².